The molecule has 2 atom stereocenters. The third-order valence-electron chi connectivity index (χ3n) is 4.96. The van der Waals surface area contributed by atoms with Gasteiger partial charge in [-0.15, -0.1) is 0 Å². The fourth-order valence-electron chi connectivity index (χ4n) is 3.72. The Balaban J connectivity index is 1.85. The van der Waals surface area contributed by atoms with Gasteiger partial charge in [-0.2, -0.15) is 5.26 Å². The van der Waals surface area contributed by atoms with Crippen molar-refractivity contribution < 1.29 is 14.2 Å². The summed E-state index contributed by atoms with van der Waals surface area (Å²) in [6.45, 7) is 0. The van der Waals surface area contributed by atoms with Crippen molar-refractivity contribution in [3.05, 3.63) is 83.2 Å². The van der Waals surface area contributed by atoms with Gasteiger partial charge in [0.05, 0.1) is 43.0 Å². The maximum Gasteiger partial charge on any atom is 0.137 e. The summed E-state index contributed by atoms with van der Waals surface area (Å²) in [5.74, 6) is 0.0849. The molecule has 0 fully saturated rings. The molecule has 3 aromatic rings. The Kier molecular flexibility index (Phi) is 3.74. The lowest BCUT2D eigenvalue weighted by atomic mass is 9.86. The lowest BCUT2D eigenvalue weighted by Gasteiger charge is -2.25. The molecule has 6 heteroatoms. The van der Waals surface area contributed by atoms with Crippen LogP contribution in [0.15, 0.2) is 55.0 Å². The topological polar surface area (TPSA) is 71.1 Å². The molecule has 1 aliphatic heterocycles. The van der Waals surface area contributed by atoms with Crippen LogP contribution in [0.5, 0.6) is 5.75 Å². The number of para-hydroxylation sites is 1. The van der Waals surface area contributed by atoms with Crippen LogP contribution >= 0.6 is 0 Å². The normalized spacial score (nSPS) is 21.2. The van der Waals surface area contributed by atoms with Crippen LogP contribution in [0.1, 0.15) is 34.8 Å². The maximum absolute atomic E-state index is 14.6. The number of imidazole rings is 1. The number of benzene rings is 2. The van der Waals surface area contributed by atoms with Gasteiger partial charge in [0.25, 0.3) is 0 Å². The van der Waals surface area contributed by atoms with Crippen molar-refractivity contribution >= 4 is 0 Å². The van der Waals surface area contributed by atoms with Crippen LogP contribution in [0, 0.1) is 17.1 Å². The molecule has 130 valence electrons. The summed E-state index contributed by atoms with van der Waals surface area (Å²) in [4.78, 5) is 4.15. The van der Waals surface area contributed by atoms with E-state index < -0.39 is 17.5 Å². The van der Waals surface area contributed by atoms with E-state index >= 15 is 0 Å². The molecule has 2 aromatic carbocycles. The van der Waals surface area contributed by atoms with E-state index in [9.17, 15) is 9.50 Å². The van der Waals surface area contributed by atoms with Crippen LogP contribution in [0.2, 0.25) is 0 Å². The fourth-order valence-corrected chi connectivity index (χ4v) is 3.72. The number of rotatable bonds is 3. The molecule has 1 N–H and O–H groups in total. The highest BCUT2D eigenvalue weighted by Crippen LogP contribution is 2.49. The van der Waals surface area contributed by atoms with Gasteiger partial charge < -0.3 is 14.4 Å². The monoisotopic (exact) mass is 349 g/mol. The summed E-state index contributed by atoms with van der Waals surface area (Å²) < 4.78 is 21.8. The van der Waals surface area contributed by atoms with E-state index in [1.807, 2.05) is 18.2 Å². The second-order valence-electron chi connectivity index (χ2n) is 6.31. The second kappa shape index (κ2) is 5.97. The number of hydrogen-bond donors (Lipinski definition) is 1. The molecule has 0 radical (unpaired) electrons. The Hall–Kier alpha value is -3.17. The van der Waals surface area contributed by atoms with E-state index in [1.54, 1.807) is 48.5 Å². The minimum Gasteiger partial charge on any atom is -0.496 e. The summed E-state index contributed by atoms with van der Waals surface area (Å²) in [6, 6.07) is 13.1. The Morgan fingerprint density at radius 3 is 2.88 bits per heavy atom. The van der Waals surface area contributed by atoms with Crippen LogP contribution in [0.4, 0.5) is 4.39 Å². The lowest BCUT2D eigenvalue weighted by molar-refractivity contribution is 0.0763. The molecule has 0 amide bonds. The van der Waals surface area contributed by atoms with Gasteiger partial charge in [-0.1, -0.05) is 24.3 Å². The third kappa shape index (κ3) is 2.29. The van der Waals surface area contributed by atoms with Gasteiger partial charge in [0.1, 0.15) is 17.2 Å². The molecule has 0 aliphatic carbocycles. The van der Waals surface area contributed by atoms with Gasteiger partial charge in [-0.05, 0) is 18.2 Å². The highest BCUT2D eigenvalue weighted by Gasteiger charge is 2.46. The van der Waals surface area contributed by atoms with E-state index in [1.165, 1.54) is 6.07 Å². The maximum atomic E-state index is 14.6. The zero-order valence-electron chi connectivity index (χ0n) is 14.1. The molecule has 1 unspecified atom stereocenters. The van der Waals surface area contributed by atoms with Crippen molar-refractivity contribution in [1.29, 1.82) is 5.26 Å². The predicted molar refractivity (Wildman–Crippen MR) is 92.1 cm³/mol. The van der Waals surface area contributed by atoms with E-state index in [0.717, 1.165) is 0 Å². The fraction of sp³-hybridized carbons (Fsp3) is 0.200. The first kappa shape index (κ1) is 16.3. The first-order valence-electron chi connectivity index (χ1n) is 8.16. The number of aliphatic hydroxyl groups is 1. The Morgan fingerprint density at radius 1 is 1.35 bits per heavy atom. The van der Waals surface area contributed by atoms with Crippen molar-refractivity contribution in [2.45, 2.75) is 18.1 Å². The molecule has 2 heterocycles. The van der Waals surface area contributed by atoms with E-state index in [0.29, 0.717) is 22.6 Å². The Bertz CT molecular complexity index is 1020. The number of fused-ring (bicyclic) bond motifs is 1. The van der Waals surface area contributed by atoms with Crippen LogP contribution < -0.4 is 4.74 Å². The molecule has 4 rings (SSSR count). The molecule has 1 aromatic heterocycles. The minimum atomic E-state index is -1.35. The highest BCUT2D eigenvalue weighted by atomic mass is 19.1. The SMILES string of the molecule is COc1ccccc1C1(O)C[C@H](c2ccc(C#N)cc2F)n2cncc21. The van der Waals surface area contributed by atoms with Gasteiger partial charge in [-0.25, -0.2) is 9.37 Å². The van der Waals surface area contributed by atoms with Gasteiger partial charge >= 0.3 is 0 Å². The quantitative estimate of drug-likeness (QED) is 0.789. The first-order chi connectivity index (χ1) is 12.6. The zero-order valence-corrected chi connectivity index (χ0v) is 14.1. The molecule has 1 aliphatic rings. The summed E-state index contributed by atoms with van der Waals surface area (Å²) in [5, 5.41) is 20.5. The molecule has 0 saturated heterocycles. The highest BCUT2D eigenvalue weighted by molar-refractivity contribution is 5.46. The summed E-state index contributed by atoms with van der Waals surface area (Å²) in [7, 11) is 1.55. The first-order valence-corrected chi connectivity index (χ1v) is 8.16. The van der Waals surface area contributed by atoms with E-state index in [2.05, 4.69) is 4.98 Å². The average Bonchev–Trinajstić information content (AvgIpc) is 3.25. The van der Waals surface area contributed by atoms with Crippen molar-refractivity contribution in [3.8, 4) is 11.8 Å². The zero-order chi connectivity index (χ0) is 18.3. The third-order valence-corrected chi connectivity index (χ3v) is 4.96. The molecular weight excluding hydrogens is 333 g/mol. The van der Waals surface area contributed by atoms with Crippen molar-refractivity contribution in [3.63, 3.8) is 0 Å². The smallest absolute Gasteiger partial charge is 0.137 e. The standard InChI is InChI=1S/C20H16FN3O2/c1-26-18-5-3-2-4-15(18)20(25)9-17(24-12-23-11-19(20)24)14-7-6-13(10-22)8-16(14)21/h2-8,11-12,17,25H,9H2,1H3/t17-,20?/m1/s1. The van der Waals surface area contributed by atoms with Crippen molar-refractivity contribution in [2.24, 2.45) is 0 Å². The minimum absolute atomic E-state index is 0.244. The number of nitriles is 1. The molecule has 5 nitrogen and oxygen atoms in total. The van der Waals surface area contributed by atoms with Gasteiger partial charge in [0, 0.05) is 17.5 Å². The molecule has 26 heavy (non-hydrogen) atoms. The largest absolute Gasteiger partial charge is 0.496 e. The number of methoxy groups -OCH3 is 1. The average molecular weight is 349 g/mol. The number of nitrogens with zero attached hydrogens (tertiary/aromatic N) is 3. The number of hydrogen-bond acceptors (Lipinski definition) is 4. The van der Waals surface area contributed by atoms with Gasteiger partial charge in [0.15, 0.2) is 0 Å². The predicted octanol–water partition coefficient (Wildman–Crippen LogP) is 3.13. The van der Waals surface area contributed by atoms with E-state index in [-0.39, 0.29) is 12.0 Å². The van der Waals surface area contributed by atoms with Gasteiger partial charge in [0.2, 0.25) is 0 Å². The Labute approximate surface area is 149 Å². The summed E-state index contributed by atoms with van der Waals surface area (Å²) in [6.07, 6.45) is 3.42. The number of aromatic nitrogens is 2. The van der Waals surface area contributed by atoms with E-state index in [4.69, 9.17) is 10.00 Å². The van der Waals surface area contributed by atoms with Crippen LogP contribution in [-0.2, 0) is 5.60 Å². The lowest BCUT2D eigenvalue weighted by Crippen LogP contribution is -2.25. The summed E-state index contributed by atoms with van der Waals surface area (Å²) in [5.41, 5.74) is 0.509. The second-order valence-corrected chi connectivity index (χ2v) is 6.31. The van der Waals surface area contributed by atoms with Gasteiger partial charge in [-0.3, -0.25) is 0 Å². The van der Waals surface area contributed by atoms with Crippen molar-refractivity contribution in [1.82, 2.24) is 9.55 Å². The van der Waals surface area contributed by atoms with Crippen LogP contribution in [0.25, 0.3) is 0 Å². The van der Waals surface area contributed by atoms with Crippen molar-refractivity contribution in [2.75, 3.05) is 7.11 Å². The summed E-state index contributed by atoms with van der Waals surface area (Å²) >= 11 is 0. The molecule has 0 saturated carbocycles. The Morgan fingerprint density at radius 2 is 2.15 bits per heavy atom. The number of halogens is 1. The van der Waals surface area contributed by atoms with Crippen LogP contribution in [0.3, 0.4) is 0 Å². The number of ether oxygens (including phenoxy) is 1. The molecular formula is C20H16FN3O2. The van der Waals surface area contributed by atoms with Crippen LogP contribution in [-0.4, -0.2) is 21.8 Å². The molecule has 0 spiro atoms. The molecule has 0 bridgehead atoms.